The molecule has 1 atom stereocenters. The van der Waals surface area contributed by atoms with E-state index in [1.54, 1.807) is 6.08 Å². The van der Waals surface area contributed by atoms with Crippen molar-refractivity contribution in [1.29, 1.82) is 0 Å². The van der Waals surface area contributed by atoms with Gasteiger partial charge >= 0.3 is 0 Å². The van der Waals surface area contributed by atoms with Gasteiger partial charge in [-0.2, -0.15) is 4.99 Å². The normalized spacial score (nSPS) is 23.2. The fraction of sp³-hybridized carbons (Fsp3) is 0.700. The molecule has 0 radical (unpaired) electrons. The summed E-state index contributed by atoms with van der Waals surface area (Å²) >= 11 is 0. The van der Waals surface area contributed by atoms with E-state index in [0.29, 0.717) is 0 Å². The zero-order chi connectivity index (χ0) is 8.97. The van der Waals surface area contributed by atoms with Gasteiger partial charge in [-0.05, 0) is 38.7 Å². The fourth-order valence-corrected chi connectivity index (χ4v) is 1.78. The predicted molar refractivity (Wildman–Crippen MR) is 48.8 cm³/mol. The van der Waals surface area contributed by atoms with Crippen LogP contribution in [0, 0.1) is 0 Å². The van der Waals surface area contributed by atoms with Gasteiger partial charge in [-0.3, -0.25) is 0 Å². The first-order chi connectivity index (χ1) is 5.75. The molecule has 1 saturated carbocycles. The lowest BCUT2D eigenvalue weighted by atomic mass is 9.88. The minimum absolute atomic E-state index is 0.140. The van der Waals surface area contributed by atoms with Crippen molar-refractivity contribution in [2.45, 2.75) is 45.6 Å². The molecule has 0 saturated heterocycles. The summed E-state index contributed by atoms with van der Waals surface area (Å²) in [5.41, 5.74) is 2.67. The van der Waals surface area contributed by atoms with Crippen molar-refractivity contribution in [3.05, 3.63) is 11.1 Å². The first kappa shape index (κ1) is 9.21. The van der Waals surface area contributed by atoms with E-state index >= 15 is 0 Å². The highest BCUT2D eigenvalue weighted by Crippen LogP contribution is 2.28. The third-order valence-electron chi connectivity index (χ3n) is 2.43. The van der Waals surface area contributed by atoms with E-state index in [9.17, 15) is 4.79 Å². The number of nitrogens with zero attached hydrogens (tertiary/aromatic N) is 1. The molecule has 1 aliphatic carbocycles. The van der Waals surface area contributed by atoms with Crippen LogP contribution in [0.5, 0.6) is 0 Å². The van der Waals surface area contributed by atoms with Gasteiger partial charge in [-0.15, -0.1) is 0 Å². The van der Waals surface area contributed by atoms with E-state index < -0.39 is 0 Å². The molecule has 0 heterocycles. The topological polar surface area (TPSA) is 29.4 Å². The first-order valence-corrected chi connectivity index (χ1v) is 4.49. The maximum atomic E-state index is 10.1. The lowest BCUT2D eigenvalue weighted by molar-refractivity contribution is 0.519. The fourth-order valence-electron chi connectivity index (χ4n) is 1.78. The molecule has 0 aromatic rings. The Labute approximate surface area is 73.4 Å². The zero-order valence-corrected chi connectivity index (χ0v) is 7.76. The molecular formula is C10H15NO. The van der Waals surface area contributed by atoms with Crippen molar-refractivity contribution in [1.82, 2.24) is 0 Å². The van der Waals surface area contributed by atoms with Crippen LogP contribution in [0.2, 0.25) is 0 Å². The van der Waals surface area contributed by atoms with E-state index in [2.05, 4.69) is 18.8 Å². The van der Waals surface area contributed by atoms with Crippen LogP contribution in [0.25, 0.3) is 0 Å². The Morgan fingerprint density at radius 1 is 1.50 bits per heavy atom. The second kappa shape index (κ2) is 4.22. The van der Waals surface area contributed by atoms with Crippen LogP contribution in [0.3, 0.4) is 0 Å². The number of allylic oxidation sites excluding steroid dienone is 1. The summed E-state index contributed by atoms with van der Waals surface area (Å²) in [7, 11) is 0. The van der Waals surface area contributed by atoms with Crippen LogP contribution in [-0.4, -0.2) is 12.1 Å². The Morgan fingerprint density at radius 2 is 2.25 bits per heavy atom. The molecule has 66 valence electrons. The van der Waals surface area contributed by atoms with Crippen LogP contribution in [0.4, 0.5) is 0 Å². The number of hydrogen-bond donors (Lipinski definition) is 0. The standard InChI is InChI=1S/C10H15NO/c1-8(2)9-5-3-4-6-10(9)11-7-12/h10H,3-6H2,1-2H3. The third-order valence-corrected chi connectivity index (χ3v) is 2.43. The number of isocyanates is 1. The van der Waals surface area contributed by atoms with Gasteiger partial charge < -0.3 is 0 Å². The molecule has 1 aliphatic rings. The van der Waals surface area contributed by atoms with Crippen molar-refractivity contribution >= 4 is 6.08 Å². The molecule has 1 rings (SSSR count). The summed E-state index contributed by atoms with van der Waals surface area (Å²) in [6.45, 7) is 4.18. The van der Waals surface area contributed by atoms with Crippen LogP contribution < -0.4 is 0 Å². The van der Waals surface area contributed by atoms with Gasteiger partial charge in [0.2, 0.25) is 6.08 Å². The van der Waals surface area contributed by atoms with E-state index in [4.69, 9.17) is 0 Å². The van der Waals surface area contributed by atoms with Gasteiger partial charge in [0.05, 0.1) is 6.04 Å². The Kier molecular flexibility index (Phi) is 3.24. The smallest absolute Gasteiger partial charge is 0.211 e. The quantitative estimate of drug-likeness (QED) is 0.333. The van der Waals surface area contributed by atoms with Crippen LogP contribution >= 0.6 is 0 Å². The Bertz CT molecular complexity index is 232. The molecule has 1 fully saturated rings. The summed E-state index contributed by atoms with van der Waals surface area (Å²) in [5.74, 6) is 0. The molecule has 0 amide bonds. The van der Waals surface area contributed by atoms with Crippen LogP contribution in [0.15, 0.2) is 16.1 Å². The van der Waals surface area contributed by atoms with Gasteiger partial charge in [0, 0.05) is 0 Å². The Balaban J connectivity index is 2.81. The summed E-state index contributed by atoms with van der Waals surface area (Å²) < 4.78 is 0. The third kappa shape index (κ3) is 2.05. The van der Waals surface area contributed by atoms with Crippen LogP contribution in [0.1, 0.15) is 39.5 Å². The monoisotopic (exact) mass is 165 g/mol. The lowest BCUT2D eigenvalue weighted by Gasteiger charge is -2.22. The van der Waals surface area contributed by atoms with Crippen molar-refractivity contribution < 1.29 is 4.79 Å². The van der Waals surface area contributed by atoms with Gasteiger partial charge in [0.1, 0.15) is 0 Å². The summed E-state index contributed by atoms with van der Waals surface area (Å²) in [6, 6.07) is 0.140. The Hall–Kier alpha value is -0.880. The van der Waals surface area contributed by atoms with Crippen molar-refractivity contribution in [3.63, 3.8) is 0 Å². The van der Waals surface area contributed by atoms with E-state index in [0.717, 1.165) is 12.8 Å². The minimum Gasteiger partial charge on any atom is -0.211 e. The van der Waals surface area contributed by atoms with Gasteiger partial charge in [0.15, 0.2) is 0 Å². The van der Waals surface area contributed by atoms with E-state index in [1.807, 2.05) is 0 Å². The van der Waals surface area contributed by atoms with E-state index in [-0.39, 0.29) is 6.04 Å². The zero-order valence-electron chi connectivity index (χ0n) is 7.76. The second-order valence-electron chi connectivity index (χ2n) is 3.51. The number of aliphatic imine (C=N–C) groups is 1. The maximum Gasteiger partial charge on any atom is 0.235 e. The molecule has 2 heteroatoms. The van der Waals surface area contributed by atoms with Gasteiger partial charge in [-0.1, -0.05) is 12.0 Å². The molecule has 0 aromatic heterocycles. The van der Waals surface area contributed by atoms with Crippen molar-refractivity contribution in [3.8, 4) is 0 Å². The number of hydrogen-bond acceptors (Lipinski definition) is 2. The van der Waals surface area contributed by atoms with Crippen molar-refractivity contribution in [2.75, 3.05) is 0 Å². The van der Waals surface area contributed by atoms with E-state index in [1.165, 1.54) is 24.0 Å². The molecule has 2 nitrogen and oxygen atoms in total. The number of carbonyl (C=O) groups excluding carboxylic acids is 1. The van der Waals surface area contributed by atoms with Crippen molar-refractivity contribution in [2.24, 2.45) is 4.99 Å². The molecular weight excluding hydrogens is 150 g/mol. The SMILES string of the molecule is CC(C)=C1CCCCC1N=C=O. The summed E-state index contributed by atoms with van der Waals surface area (Å²) in [6.07, 6.45) is 6.22. The summed E-state index contributed by atoms with van der Waals surface area (Å²) in [5, 5.41) is 0. The largest absolute Gasteiger partial charge is 0.235 e. The molecule has 0 spiro atoms. The predicted octanol–water partition coefficient (Wildman–Crippen LogP) is 2.60. The highest BCUT2D eigenvalue weighted by molar-refractivity contribution is 5.36. The molecule has 0 N–H and O–H groups in total. The Morgan fingerprint density at radius 3 is 2.83 bits per heavy atom. The highest BCUT2D eigenvalue weighted by Gasteiger charge is 2.18. The molecule has 12 heavy (non-hydrogen) atoms. The molecule has 1 unspecified atom stereocenters. The summed E-state index contributed by atoms with van der Waals surface area (Å²) in [4.78, 5) is 13.9. The first-order valence-electron chi connectivity index (χ1n) is 4.49. The molecule has 0 bridgehead atoms. The average molecular weight is 165 g/mol. The lowest BCUT2D eigenvalue weighted by Crippen LogP contribution is -2.14. The second-order valence-corrected chi connectivity index (χ2v) is 3.51. The van der Waals surface area contributed by atoms with Crippen LogP contribution in [-0.2, 0) is 4.79 Å². The molecule has 0 aliphatic heterocycles. The van der Waals surface area contributed by atoms with Gasteiger partial charge in [-0.25, -0.2) is 4.79 Å². The maximum absolute atomic E-state index is 10.1. The van der Waals surface area contributed by atoms with Gasteiger partial charge in [0.25, 0.3) is 0 Å². The minimum atomic E-state index is 0.140. The molecule has 0 aromatic carbocycles. The number of rotatable bonds is 1. The highest BCUT2D eigenvalue weighted by atomic mass is 16.1. The average Bonchev–Trinajstić information content (AvgIpc) is 2.05.